The minimum absolute atomic E-state index is 0.259. The van der Waals surface area contributed by atoms with E-state index in [1.54, 1.807) is 12.1 Å². The number of phenols is 1. The molecule has 0 saturated carbocycles. The van der Waals surface area contributed by atoms with Crippen LogP contribution in [0.3, 0.4) is 0 Å². The lowest BCUT2D eigenvalue weighted by molar-refractivity contribution is 0.0179. The van der Waals surface area contributed by atoms with Crippen LogP contribution >= 0.6 is 0 Å². The zero-order valence-electron chi connectivity index (χ0n) is 13.4. The molecule has 0 unspecified atom stereocenters. The molecule has 2 N–H and O–H groups in total. The second-order valence-corrected chi connectivity index (χ2v) is 6.52. The van der Waals surface area contributed by atoms with Crippen molar-refractivity contribution in [1.82, 2.24) is 5.32 Å². The Bertz CT molecular complexity index is 425. The van der Waals surface area contributed by atoms with E-state index in [0.717, 1.165) is 44.8 Å². The van der Waals surface area contributed by atoms with Crippen LogP contribution in [0.5, 0.6) is 5.75 Å². The van der Waals surface area contributed by atoms with Gasteiger partial charge in [-0.2, -0.15) is 0 Å². The molecule has 0 spiro atoms. The van der Waals surface area contributed by atoms with Gasteiger partial charge in [-0.05, 0) is 37.1 Å². The molecular formula is C17H28N2O2. The number of benzene rings is 1. The van der Waals surface area contributed by atoms with Gasteiger partial charge in [0.2, 0.25) is 0 Å². The summed E-state index contributed by atoms with van der Waals surface area (Å²) in [7, 11) is 2.12. The van der Waals surface area contributed by atoms with E-state index in [0.29, 0.717) is 11.8 Å². The third-order valence-corrected chi connectivity index (χ3v) is 4.30. The summed E-state index contributed by atoms with van der Waals surface area (Å²) in [5, 5.41) is 13.0. The number of rotatable bonds is 6. The number of hydrogen-bond acceptors (Lipinski definition) is 4. The number of anilines is 1. The van der Waals surface area contributed by atoms with Crippen LogP contribution in [0, 0.1) is 5.41 Å². The van der Waals surface area contributed by atoms with Gasteiger partial charge in [0, 0.05) is 50.5 Å². The summed E-state index contributed by atoms with van der Waals surface area (Å²) in [6, 6.07) is 7.93. The Morgan fingerprint density at radius 2 is 1.86 bits per heavy atom. The van der Waals surface area contributed by atoms with Gasteiger partial charge in [-0.3, -0.25) is 0 Å². The maximum atomic E-state index is 9.41. The molecule has 0 amide bonds. The molecule has 1 saturated heterocycles. The van der Waals surface area contributed by atoms with Gasteiger partial charge in [-0.1, -0.05) is 13.8 Å². The fourth-order valence-corrected chi connectivity index (χ4v) is 2.92. The van der Waals surface area contributed by atoms with E-state index in [4.69, 9.17) is 4.74 Å². The smallest absolute Gasteiger partial charge is 0.115 e. The number of phenolic OH excluding ortho intramolecular Hbond substituents is 1. The third-order valence-electron chi connectivity index (χ3n) is 4.30. The predicted molar refractivity (Wildman–Crippen MR) is 87.0 cm³/mol. The van der Waals surface area contributed by atoms with Crippen molar-refractivity contribution in [2.24, 2.45) is 5.41 Å². The molecule has 0 aromatic heterocycles. The third kappa shape index (κ3) is 4.61. The summed E-state index contributed by atoms with van der Waals surface area (Å²) in [5.74, 6) is 0.314. The SMILES string of the molecule is CC(C)NCC1(CN(C)c2ccc(O)cc2)CCOCC1. The van der Waals surface area contributed by atoms with Crippen LogP contribution in [0.2, 0.25) is 0 Å². The van der Waals surface area contributed by atoms with Crippen LogP contribution in [-0.2, 0) is 4.74 Å². The molecule has 1 fully saturated rings. The Balaban J connectivity index is 2.04. The van der Waals surface area contributed by atoms with Crippen molar-refractivity contribution in [3.05, 3.63) is 24.3 Å². The average molecular weight is 292 g/mol. The van der Waals surface area contributed by atoms with Crippen LogP contribution in [0.1, 0.15) is 26.7 Å². The first-order chi connectivity index (χ1) is 10.0. The highest BCUT2D eigenvalue weighted by molar-refractivity contribution is 5.48. The van der Waals surface area contributed by atoms with Crippen LogP contribution in [0.4, 0.5) is 5.69 Å². The Morgan fingerprint density at radius 1 is 1.24 bits per heavy atom. The largest absolute Gasteiger partial charge is 0.508 e. The maximum absolute atomic E-state index is 9.41. The Hall–Kier alpha value is -1.26. The number of aromatic hydroxyl groups is 1. The lowest BCUT2D eigenvalue weighted by Crippen LogP contribution is -2.47. The summed E-state index contributed by atoms with van der Waals surface area (Å²) in [4.78, 5) is 2.28. The van der Waals surface area contributed by atoms with Gasteiger partial charge in [0.25, 0.3) is 0 Å². The highest BCUT2D eigenvalue weighted by atomic mass is 16.5. The van der Waals surface area contributed by atoms with Gasteiger partial charge in [0.15, 0.2) is 0 Å². The van der Waals surface area contributed by atoms with Crippen LogP contribution < -0.4 is 10.2 Å². The van der Waals surface area contributed by atoms with Crippen LogP contribution in [0.25, 0.3) is 0 Å². The quantitative estimate of drug-likeness (QED) is 0.846. The van der Waals surface area contributed by atoms with Crippen molar-refractivity contribution in [2.45, 2.75) is 32.7 Å². The molecule has 4 heteroatoms. The van der Waals surface area contributed by atoms with E-state index in [1.165, 1.54) is 0 Å². The minimum atomic E-state index is 0.259. The van der Waals surface area contributed by atoms with Crippen molar-refractivity contribution in [2.75, 3.05) is 38.3 Å². The molecule has 0 aliphatic carbocycles. The molecule has 1 aliphatic heterocycles. The maximum Gasteiger partial charge on any atom is 0.115 e. The highest BCUT2D eigenvalue weighted by Crippen LogP contribution is 2.32. The first-order valence-electron chi connectivity index (χ1n) is 7.82. The molecule has 1 aromatic rings. The van der Waals surface area contributed by atoms with Gasteiger partial charge in [0.05, 0.1) is 0 Å². The summed E-state index contributed by atoms with van der Waals surface area (Å²) in [6.07, 6.45) is 2.18. The number of ether oxygens (including phenoxy) is 1. The highest BCUT2D eigenvalue weighted by Gasteiger charge is 2.33. The van der Waals surface area contributed by atoms with Gasteiger partial charge < -0.3 is 20.1 Å². The zero-order valence-corrected chi connectivity index (χ0v) is 13.4. The molecule has 1 aromatic carbocycles. The standard InChI is InChI=1S/C17H28N2O2/c1-14(2)18-12-17(8-10-21-11-9-17)13-19(3)15-4-6-16(20)7-5-15/h4-7,14,18,20H,8-13H2,1-3H3. The molecule has 1 heterocycles. The molecule has 21 heavy (non-hydrogen) atoms. The van der Waals surface area contributed by atoms with Crippen LogP contribution in [-0.4, -0.2) is 44.5 Å². The van der Waals surface area contributed by atoms with E-state index in [-0.39, 0.29) is 5.41 Å². The second-order valence-electron chi connectivity index (χ2n) is 6.52. The fraction of sp³-hybridized carbons (Fsp3) is 0.647. The molecule has 0 bridgehead atoms. The van der Waals surface area contributed by atoms with Crippen molar-refractivity contribution in [3.8, 4) is 5.75 Å². The van der Waals surface area contributed by atoms with Crippen LogP contribution in [0.15, 0.2) is 24.3 Å². The van der Waals surface area contributed by atoms with Gasteiger partial charge >= 0.3 is 0 Å². The van der Waals surface area contributed by atoms with Crippen molar-refractivity contribution >= 4 is 5.69 Å². The Morgan fingerprint density at radius 3 is 2.43 bits per heavy atom. The molecule has 118 valence electrons. The lowest BCUT2D eigenvalue weighted by atomic mass is 9.79. The van der Waals surface area contributed by atoms with Gasteiger partial charge in [-0.25, -0.2) is 0 Å². The summed E-state index contributed by atoms with van der Waals surface area (Å²) in [5.41, 5.74) is 1.40. The normalized spacial score (nSPS) is 17.9. The zero-order chi connectivity index (χ0) is 15.3. The number of nitrogens with one attached hydrogen (secondary N) is 1. The molecule has 0 radical (unpaired) electrons. The topological polar surface area (TPSA) is 44.7 Å². The monoisotopic (exact) mass is 292 g/mol. The first-order valence-corrected chi connectivity index (χ1v) is 7.82. The minimum Gasteiger partial charge on any atom is -0.508 e. The fourth-order valence-electron chi connectivity index (χ4n) is 2.92. The first kappa shape index (κ1) is 16.1. The van der Waals surface area contributed by atoms with Gasteiger partial charge in [0.1, 0.15) is 5.75 Å². The lowest BCUT2D eigenvalue weighted by Gasteiger charge is -2.41. The van der Waals surface area contributed by atoms with Crippen molar-refractivity contribution < 1.29 is 9.84 Å². The predicted octanol–water partition coefficient (Wildman–Crippen LogP) is 2.62. The van der Waals surface area contributed by atoms with E-state index >= 15 is 0 Å². The Kier molecular flexibility index (Phi) is 5.48. The molecule has 0 atom stereocenters. The average Bonchev–Trinajstić information content (AvgIpc) is 2.47. The van der Waals surface area contributed by atoms with Crippen molar-refractivity contribution in [1.29, 1.82) is 0 Å². The second kappa shape index (κ2) is 7.14. The molecule has 4 nitrogen and oxygen atoms in total. The Labute approximate surface area is 128 Å². The summed E-state index contributed by atoms with van der Waals surface area (Å²) in [6.45, 7) is 8.11. The van der Waals surface area contributed by atoms with Crippen molar-refractivity contribution in [3.63, 3.8) is 0 Å². The summed E-state index contributed by atoms with van der Waals surface area (Å²) < 4.78 is 5.56. The molecular weight excluding hydrogens is 264 g/mol. The van der Waals surface area contributed by atoms with Gasteiger partial charge in [-0.15, -0.1) is 0 Å². The number of nitrogens with zero attached hydrogens (tertiary/aromatic N) is 1. The van der Waals surface area contributed by atoms with E-state index in [2.05, 4.69) is 31.1 Å². The van der Waals surface area contributed by atoms with E-state index in [9.17, 15) is 5.11 Å². The molecule has 1 aliphatic rings. The van der Waals surface area contributed by atoms with E-state index < -0.39 is 0 Å². The summed E-state index contributed by atoms with van der Waals surface area (Å²) >= 11 is 0. The number of hydrogen-bond donors (Lipinski definition) is 2. The van der Waals surface area contributed by atoms with E-state index in [1.807, 2.05) is 12.1 Å². The molecule has 2 rings (SSSR count).